The van der Waals surface area contributed by atoms with E-state index in [1.165, 1.54) is 22.1 Å². The third-order valence-corrected chi connectivity index (χ3v) is 4.58. The van der Waals surface area contributed by atoms with Crippen LogP contribution < -0.4 is 10.9 Å². The number of fused-ring (bicyclic) bond motifs is 1. The molecule has 2 aromatic heterocycles. The monoisotopic (exact) mass is 328 g/mol. The van der Waals surface area contributed by atoms with Crippen LogP contribution in [0.5, 0.6) is 0 Å². The van der Waals surface area contributed by atoms with Crippen LogP contribution in [0.3, 0.4) is 0 Å². The Labute approximate surface area is 136 Å². The molecule has 6 nitrogen and oxygen atoms in total. The highest BCUT2D eigenvalue weighted by atomic mass is 32.1. The molecule has 1 N–H and O–H groups in total. The highest BCUT2D eigenvalue weighted by Crippen LogP contribution is 2.17. The van der Waals surface area contributed by atoms with E-state index in [-0.39, 0.29) is 24.1 Å². The van der Waals surface area contributed by atoms with Crippen LogP contribution in [0.25, 0.3) is 11.0 Å². The highest BCUT2D eigenvalue weighted by molar-refractivity contribution is 7.09. The first-order valence-electron chi connectivity index (χ1n) is 7.20. The van der Waals surface area contributed by atoms with E-state index in [0.29, 0.717) is 11.0 Å². The Hall–Kier alpha value is -2.54. The van der Waals surface area contributed by atoms with Gasteiger partial charge < -0.3 is 5.32 Å². The number of carbonyl (C=O) groups excluding carboxylic acids is 1. The van der Waals surface area contributed by atoms with Crippen molar-refractivity contribution in [3.63, 3.8) is 0 Å². The van der Waals surface area contributed by atoms with Crippen LogP contribution in [0.4, 0.5) is 0 Å². The third-order valence-electron chi connectivity index (χ3n) is 3.44. The SMILES string of the molecule is Cc1csc([C@H](C)NC(=O)Cn2c(=O)cnc3ccccc32)n1. The second-order valence-corrected chi connectivity index (χ2v) is 6.18. The summed E-state index contributed by atoms with van der Waals surface area (Å²) in [6.07, 6.45) is 1.24. The molecule has 2 heterocycles. The lowest BCUT2D eigenvalue weighted by Gasteiger charge is -2.13. The number of para-hydroxylation sites is 2. The first-order chi connectivity index (χ1) is 11.0. The first kappa shape index (κ1) is 15.4. The molecule has 1 aromatic carbocycles. The van der Waals surface area contributed by atoms with Crippen molar-refractivity contribution in [1.29, 1.82) is 0 Å². The molecule has 1 amide bonds. The normalized spacial score (nSPS) is 12.3. The highest BCUT2D eigenvalue weighted by Gasteiger charge is 2.14. The topological polar surface area (TPSA) is 76.9 Å². The van der Waals surface area contributed by atoms with Crippen molar-refractivity contribution < 1.29 is 4.79 Å². The van der Waals surface area contributed by atoms with Gasteiger partial charge in [0.15, 0.2) is 0 Å². The molecule has 0 aliphatic rings. The summed E-state index contributed by atoms with van der Waals surface area (Å²) in [5.41, 5.74) is 1.97. The number of carbonyl (C=O) groups is 1. The molecule has 0 aliphatic carbocycles. The lowest BCUT2D eigenvalue weighted by molar-refractivity contribution is -0.122. The number of nitrogens with one attached hydrogen (secondary N) is 1. The maximum atomic E-state index is 12.3. The number of hydrogen-bond donors (Lipinski definition) is 1. The van der Waals surface area contributed by atoms with E-state index in [1.807, 2.05) is 37.4 Å². The van der Waals surface area contributed by atoms with Crippen molar-refractivity contribution >= 4 is 28.3 Å². The first-order valence-corrected chi connectivity index (χ1v) is 8.08. The van der Waals surface area contributed by atoms with Gasteiger partial charge in [-0.3, -0.25) is 14.2 Å². The Morgan fingerprint density at radius 2 is 2.17 bits per heavy atom. The smallest absolute Gasteiger partial charge is 0.269 e. The Balaban J connectivity index is 1.80. The molecule has 7 heteroatoms. The Bertz CT molecular complexity index is 916. The molecule has 0 bridgehead atoms. The maximum Gasteiger partial charge on any atom is 0.269 e. The Morgan fingerprint density at radius 3 is 2.91 bits per heavy atom. The van der Waals surface area contributed by atoms with E-state index < -0.39 is 0 Å². The van der Waals surface area contributed by atoms with E-state index in [9.17, 15) is 9.59 Å². The number of amides is 1. The number of rotatable bonds is 4. The van der Waals surface area contributed by atoms with E-state index in [0.717, 1.165) is 10.7 Å². The van der Waals surface area contributed by atoms with Crippen LogP contribution in [0.2, 0.25) is 0 Å². The van der Waals surface area contributed by atoms with Gasteiger partial charge in [0.2, 0.25) is 5.91 Å². The van der Waals surface area contributed by atoms with Crippen LogP contribution in [0.15, 0.2) is 40.6 Å². The van der Waals surface area contributed by atoms with Gasteiger partial charge in [-0.15, -0.1) is 11.3 Å². The zero-order chi connectivity index (χ0) is 16.4. The second kappa shape index (κ2) is 6.29. The van der Waals surface area contributed by atoms with Crippen LogP contribution >= 0.6 is 11.3 Å². The number of hydrogen-bond acceptors (Lipinski definition) is 5. The summed E-state index contributed by atoms with van der Waals surface area (Å²) in [6.45, 7) is 3.75. The van der Waals surface area contributed by atoms with Crippen LogP contribution in [-0.4, -0.2) is 20.4 Å². The standard InChI is InChI=1S/C16H16N4O2S/c1-10-9-23-16(18-10)11(2)19-14(21)8-20-13-6-4-3-5-12(13)17-7-15(20)22/h3-7,9,11H,8H2,1-2H3,(H,19,21)/t11-/m0/s1. The van der Waals surface area contributed by atoms with Gasteiger partial charge in [-0.2, -0.15) is 0 Å². The van der Waals surface area contributed by atoms with Gasteiger partial charge in [-0.05, 0) is 26.0 Å². The van der Waals surface area contributed by atoms with Crippen LogP contribution in [0, 0.1) is 6.92 Å². The van der Waals surface area contributed by atoms with Crippen molar-refractivity contribution in [1.82, 2.24) is 19.9 Å². The fourth-order valence-electron chi connectivity index (χ4n) is 2.34. The van der Waals surface area contributed by atoms with Crippen molar-refractivity contribution in [3.8, 4) is 0 Å². The zero-order valence-corrected chi connectivity index (χ0v) is 13.6. The van der Waals surface area contributed by atoms with Gasteiger partial charge in [-0.25, -0.2) is 9.97 Å². The van der Waals surface area contributed by atoms with Gasteiger partial charge in [-0.1, -0.05) is 12.1 Å². The van der Waals surface area contributed by atoms with Crippen molar-refractivity contribution in [3.05, 3.63) is 56.9 Å². The van der Waals surface area contributed by atoms with Gasteiger partial charge in [0.25, 0.3) is 5.56 Å². The molecule has 0 fully saturated rings. The molecule has 23 heavy (non-hydrogen) atoms. The van der Waals surface area contributed by atoms with E-state index in [1.54, 1.807) is 6.07 Å². The van der Waals surface area contributed by atoms with E-state index in [4.69, 9.17) is 0 Å². The predicted molar refractivity (Wildman–Crippen MR) is 89.4 cm³/mol. The summed E-state index contributed by atoms with van der Waals surface area (Å²) < 4.78 is 1.43. The van der Waals surface area contributed by atoms with Crippen molar-refractivity contribution in [2.75, 3.05) is 0 Å². The summed E-state index contributed by atoms with van der Waals surface area (Å²) in [7, 11) is 0. The predicted octanol–water partition coefficient (Wildman–Crippen LogP) is 2.04. The molecular weight excluding hydrogens is 312 g/mol. The quantitative estimate of drug-likeness (QED) is 0.795. The maximum absolute atomic E-state index is 12.3. The molecule has 3 aromatic rings. The molecule has 0 unspecified atom stereocenters. The third kappa shape index (κ3) is 3.29. The summed E-state index contributed by atoms with van der Waals surface area (Å²) in [6, 6.07) is 7.06. The number of thiazole rings is 1. The lowest BCUT2D eigenvalue weighted by Crippen LogP contribution is -2.34. The summed E-state index contributed by atoms with van der Waals surface area (Å²) in [4.78, 5) is 32.8. The van der Waals surface area contributed by atoms with Crippen molar-refractivity contribution in [2.24, 2.45) is 0 Å². The number of aromatic nitrogens is 3. The minimum absolute atomic E-state index is 0.0451. The summed E-state index contributed by atoms with van der Waals surface area (Å²) in [5.74, 6) is -0.233. The molecule has 1 atom stereocenters. The fourth-order valence-corrected chi connectivity index (χ4v) is 3.15. The van der Waals surface area contributed by atoms with Gasteiger partial charge in [0, 0.05) is 11.1 Å². The molecule has 0 saturated heterocycles. The van der Waals surface area contributed by atoms with E-state index in [2.05, 4.69) is 15.3 Å². The largest absolute Gasteiger partial charge is 0.346 e. The Morgan fingerprint density at radius 1 is 1.39 bits per heavy atom. The molecule has 0 aliphatic heterocycles. The van der Waals surface area contributed by atoms with Crippen molar-refractivity contribution in [2.45, 2.75) is 26.4 Å². The van der Waals surface area contributed by atoms with Crippen LogP contribution in [-0.2, 0) is 11.3 Å². The zero-order valence-electron chi connectivity index (χ0n) is 12.8. The molecular formula is C16H16N4O2S. The lowest BCUT2D eigenvalue weighted by atomic mass is 10.3. The number of aryl methyl sites for hydroxylation is 1. The fraction of sp³-hybridized carbons (Fsp3) is 0.250. The van der Waals surface area contributed by atoms with E-state index >= 15 is 0 Å². The van der Waals surface area contributed by atoms with Gasteiger partial charge in [0.05, 0.1) is 23.3 Å². The molecule has 3 rings (SSSR count). The summed E-state index contributed by atoms with van der Waals surface area (Å²) in [5, 5.41) is 5.67. The average Bonchev–Trinajstić information content (AvgIpc) is 2.97. The van der Waals surface area contributed by atoms with Gasteiger partial charge >= 0.3 is 0 Å². The minimum Gasteiger partial charge on any atom is -0.346 e. The minimum atomic E-state index is -0.295. The summed E-state index contributed by atoms with van der Waals surface area (Å²) >= 11 is 1.51. The van der Waals surface area contributed by atoms with Gasteiger partial charge in [0.1, 0.15) is 11.6 Å². The Kier molecular flexibility index (Phi) is 4.20. The molecule has 0 spiro atoms. The number of benzene rings is 1. The second-order valence-electron chi connectivity index (χ2n) is 5.29. The molecule has 0 saturated carbocycles. The average molecular weight is 328 g/mol. The van der Waals surface area contributed by atoms with Crippen LogP contribution in [0.1, 0.15) is 23.7 Å². The molecule has 0 radical (unpaired) electrons. The number of nitrogens with zero attached hydrogens (tertiary/aromatic N) is 3. The molecule has 118 valence electrons.